The Bertz CT molecular complexity index is 863. The third-order valence-electron chi connectivity index (χ3n) is 4.80. The standard InChI is InChI=1S/C22H26N4O3/c1-17-8-7-9-18(14-17)24-22(29)23-15-20(27)26(19-10-3-2-4-11-19)16-21(28)25-12-5-6-13-25/h2-4,7-11,14H,5-6,12-13,15-16H2,1H3,(H2,23,24,29). The van der Waals surface area contributed by atoms with Crippen LogP contribution in [0.5, 0.6) is 0 Å². The van der Waals surface area contributed by atoms with Gasteiger partial charge in [-0.25, -0.2) is 4.79 Å². The number of amides is 4. The number of para-hydroxylation sites is 1. The molecule has 0 aromatic heterocycles. The monoisotopic (exact) mass is 394 g/mol. The fourth-order valence-electron chi connectivity index (χ4n) is 3.28. The fourth-order valence-corrected chi connectivity index (χ4v) is 3.28. The van der Waals surface area contributed by atoms with Gasteiger partial charge in [-0.3, -0.25) is 9.59 Å². The molecule has 2 aromatic rings. The maximum atomic E-state index is 12.8. The van der Waals surface area contributed by atoms with E-state index in [4.69, 9.17) is 0 Å². The summed E-state index contributed by atoms with van der Waals surface area (Å²) in [6.07, 6.45) is 1.98. The number of rotatable bonds is 6. The molecule has 2 aromatic carbocycles. The van der Waals surface area contributed by atoms with E-state index in [1.54, 1.807) is 23.1 Å². The number of hydrogen-bond donors (Lipinski definition) is 2. The maximum absolute atomic E-state index is 12.8. The van der Waals surface area contributed by atoms with Crippen LogP contribution in [0.2, 0.25) is 0 Å². The minimum atomic E-state index is -0.470. The smallest absolute Gasteiger partial charge is 0.319 e. The quantitative estimate of drug-likeness (QED) is 0.790. The molecular weight excluding hydrogens is 368 g/mol. The largest absolute Gasteiger partial charge is 0.341 e. The van der Waals surface area contributed by atoms with Crippen LogP contribution in [0.4, 0.5) is 16.2 Å². The van der Waals surface area contributed by atoms with Gasteiger partial charge in [-0.05, 0) is 49.6 Å². The zero-order chi connectivity index (χ0) is 20.6. The molecule has 1 heterocycles. The maximum Gasteiger partial charge on any atom is 0.319 e. The molecule has 0 unspecified atom stereocenters. The number of likely N-dealkylation sites (tertiary alicyclic amines) is 1. The lowest BCUT2D eigenvalue weighted by molar-refractivity contribution is -0.130. The number of hydrogen-bond acceptors (Lipinski definition) is 3. The summed E-state index contributed by atoms with van der Waals surface area (Å²) in [5.41, 5.74) is 2.31. The minimum Gasteiger partial charge on any atom is -0.341 e. The van der Waals surface area contributed by atoms with Gasteiger partial charge in [0.2, 0.25) is 11.8 Å². The van der Waals surface area contributed by atoms with Crippen molar-refractivity contribution in [1.82, 2.24) is 10.2 Å². The molecule has 3 rings (SSSR count). The Kier molecular flexibility index (Phi) is 6.84. The molecule has 0 radical (unpaired) electrons. The predicted octanol–water partition coefficient (Wildman–Crippen LogP) is 2.77. The van der Waals surface area contributed by atoms with Crippen molar-refractivity contribution in [3.8, 4) is 0 Å². The predicted molar refractivity (Wildman–Crippen MR) is 113 cm³/mol. The van der Waals surface area contributed by atoms with Crippen molar-refractivity contribution in [3.63, 3.8) is 0 Å². The summed E-state index contributed by atoms with van der Waals surface area (Å²) in [6.45, 7) is 3.14. The van der Waals surface area contributed by atoms with Crippen molar-refractivity contribution >= 4 is 29.2 Å². The molecule has 7 nitrogen and oxygen atoms in total. The average Bonchev–Trinajstić information content (AvgIpc) is 3.26. The number of nitrogens with one attached hydrogen (secondary N) is 2. The van der Waals surface area contributed by atoms with Crippen LogP contribution in [0.15, 0.2) is 54.6 Å². The number of urea groups is 1. The number of nitrogens with zero attached hydrogens (tertiary/aromatic N) is 2. The summed E-state index contributed by atoms with van der Waals surface area (Å²) < 4.78 is 0. The third-order valence-corrected chi connectivity index (χ3v) is 4.80. The molecule has 29 heavy (non-hydrogen) atoms. The first-order chi connectivity index (χ1) is 14.0. The van der Waals surface area contributed by atoms with Gasteiger partial charge in [0.1, 0.15) is 6.54 Å². The van der Waals surface area contributed by atoms with Crippen molar-refractivity contribution < 1.29 is 14.4 Å². The van der Waals surface area contributed by atoms with Crippen LogP contribution < -0.4 is 15.5 Å². The van der Waals surface area contributed by atoms with E-state index in [0.29, 0.717) is 11.4 Å². The lowest BCUT2D eigenvalue weighted by Gasteiger charge is -2.25. The van der Waals surface area contributed by atoms with Gasteiger partial charge in [0.15, 0.2) is 0 Å². The van der Waals surface area contributed by atoms with Crippen LogP contribution in [-0.2, 0) is 9.59 Å². The Morgan fingerprint density at radius 2 is 1.72 bits per heavy atom. The van der Waals surface area contributed by atoms with Gasteiger partial charge >= 0.3 is 6.03 Å². The molecule has 0 saturated carbocycles. The Hall–Kier alpha value is -3.35. The number of carbonyl (C=O) groups excluding carboxylic acids is 3. The van der Waals surface area contributed by atoms with Gasteiger partial charge in [0.05, 0.1) is 6.54 Å². The van der Waals surface area contributed by atoms with Crippen LogP contribution in [0, 0.1) is 6.92 Å². The molecule has 152 valence electrons. The number of carbonyl (C=O) groups is 3. The first-order valence-corrected chi connectivity index (χ1v) is 9.77. The fraction of sp³-hybridized carbons (Fsp3) is 0.318. The van der Waals surface area contributed by atoms with E-state index in [1.807, 2.05) is 43.3 Å². The third kappa shape index (κ3) is 5.81. The molecule has 0 bridgehead atoms. The van der Waals surface area contributed by atoms with Crippen molar-refractivity contribution in [3.05, 3.63) is 60.2 Å². The van der Waals surface area contributed by atoms with Gasteiger partial charge in [-0.15, -0.1) is 0 Å². The molecule has 1 saturated heterocycles. The van der Waals surface area contributed by atoms with E-state index in [0.717, 1.165) is 31.5 Å². The molecule has 1 aliphatic rings. The van der Waals surface area contributed by atoms with E-state index in [-0.39, 0.29) is 24.9 Å². The zero-order valence-corrected chi connectivity index (χ0v) is 16.6. The van der Waals surface area contributed by atoms with Crippen molar-refractivity contribution in [2.24, 2.45) is 0 Å². The Labute approximate surface area is 170 Å². The van der Waals surface area contributed by atoms with Crippen LogP contribution in [0.1, 0.15) is 18.4 Å². The molecule has 2 N–H and O–H groups in total. The highest BCUT2D eigenvalue weighted by Crippen LogP contribution is 2.15. The summed E-state index contributed by atoms with van der Waals surface area (Å²) in [6, 6.07) is 16.0. The molecular formula is C22H26N4O3. The average molecular weight is 394 g/mol. The first kappa shape index (κ1) is 20.4. The summed E-state index contributed by atoms with van der Waals surface area (Å²) in [5, 5.41) is 5.28. The Balaban J connectivity index is 1.61. The SMILES string of the molecule is Cc1cccc(NC(=O)NCC(=O)N(CC(=O)N2CCCC2)c2ccccc2)c1. The molecule has 7 heteroatoms. The topological polar surface area (TPSA) is 81.8 Å². The second kappa shape index (κ2) is 9.73. The number of benzene rings is 2. The molecule has 0 atom stereocenters. The zero-order valence-electron chi connectivity index (χ0n) is 16.6. The van der Waals surface area contributed by atoms with Crippen LogP contribution in [-0.4, -0.2) is 48.9 Å². The number of anilines is 2. The van der Waals surface area contributed by atoms with Gasteiger partial charge in [-0.2, -0.15) is 0 Å². The van der Waals surface area contributed by atoms with Crippen molar-refractivity contribution in [2.45, 2.75) is 19.8 Å². The van der Waals surface area contributed by atoms with Crippen LogP contribution in [0.25, 0.3) is 0 Å². The molecule has 4 amide bonds. The Morgan fingerprint density at radius 1 is 1.00 bits per heavy atom. The highest BCUT2D eigenvalue weighted by atomic mass is 16.2. The van der Waals surface area contributed by atoms with Crippen molar-refractivity contribution in [1.29, 1.82) is 0 Å². The molecule has 1 fully saturated rings. The summed E-state index contributed by atoms with van der Waals surface area (Å²) in [5.74, 6) is -0.424. The molecule has 0 aliphatic carbocycles. The Morgan fingerprint density at radius 3 is 2.41 bits per heavy atom. The summed E-state index contributed by atoms with van der Waals surface area (Å²) in [4.78, 5) is 40.7. The lowest BCUT2D eigenvalue weighted by Crippen LogP contribution is -2.46. The van der Waals surface area contributed by atoms with Crippen LogP contribution >= 0.6 is 0 Å². The van der Waals surface area contributed by atoms with Gasteiger partial charge < -0.3 is 20.4 Å². The molecule has 0 spiro atoms. The van der Waals surface area contributed by atoms with Crippen LogP contribution in [0.3, 0.4) is 0 Å². The normalized spacial score (nSPS) is 13.1. The van der Waals surface area contributed by atoms with E-state index in [2.05, 4.69) is 10.6 Å². The highest BCUT2D eigenvalue weighted by molar-refractivity contribution is 6.01. The lowest BCUT2D eigenvalue weighted by atomic mass is 10.2. The summed E-state index contributed by atoms with van der Waals surface area (Å²) in [7, 11) is 0. The van der Waals surface area contributed by atoms with E-state index in [1.165, 1.54) is 4.90 Å². The minimum absolute atomic E-state index is 0.0377. The van der Waals surface area contributed by atoms with E-state index < -0.39 is 6.03 Å². The number of aryl methyl sites for hydroxylation is 1. The van der Waals surface area contributed by atoms with Gasteiger partial charge in [0, 0.05) is 24.5 Å². The highest BCUT2D eigenvalue weighted by Gasteiger charge is 2.24. The van der Waals surface area contributed by atoms with E-state index in [9.17, 15) is 14.4 Å². The molecule has 1 aliphatic heterocycles. The second-order valence-corrected chi connectivity index (χ2v) is 7.08. The van der Waals surface area contributed by atoms with Gasteiger partial charge in [-0.1, -0.05) is 30.3 Å². The summed E-state index contributed by atoms with van der Waals surface area (Å²) >= 11 is 0. The van der Waals surface area contributed by atoms with E-state index >= 15 is 0 Å². The first-order valence-electron chi connectivity index (χ1n) is 9.77. The second-order valence-electron chi connectivity index (χ2n) is 7.08. The van der Waals surface area contributed by atoms with Crippen molar-refractivity contribution in [2.75, 3.05) is 36.4 Å². The van der Waals surface area contributed by atoms with Gasteiger partial charge in [0.25, 0.3) is 0 Å².